The van der Waals surface area contributed by atoms with Gasteiger partial charge in [-0.05, 0) is 42.9 Å². The van der Waals surface area contributed by atoms with Gasteiger partial charge in [-0.2, -0.15) is 5.26 Å². The largest absolute Gasteiger partial charge is 0.382 e. The summed E-state index contributed by atoms with van der Waals surface area (Å²) in [6.45, 7) is 4.63. The topological polar surface area (TPSA) is 35.8 Å². The zero-order valence-corrected chi connectivity index (χ0v) is 11.8. The Morgan fingerprint density at radius 3 is 2.76 bits per heavy atom. The molecule has 0 spiro atoms. The van der Waals surface area contributed by atoms with Crippen LogP contribution in [-0.2, 0) is 0 Å². The molecule has 90 valence electrons. The maximum absolute atomic E-state index is 8.93. The van der Waals surface area contributed by atoms with Crippen molar-refractivity contribution >= 4 is 21.6 Å². The lowest BCUT2D eigenvalue weighted by molar-refractivity contribution is 0.378. The number of benzene rings is 1. The smallest absolute Gasteiger partial charge is 0.0992 e. The van der Waals surface area contributed by atoms with E-state index in [2.05, 4.69) is 41.2 Å². The Bertz CT molecular complexity index is 460. The van der Waals surface area contributed by atoms with Crippen molar-refractivity contribution in [3.05, 3.63) is 28.2 Å². The number of nitrogens with zero attached hydrogens (tertiary/aromatic N) is 1. The van der Waals surface area contributed by atoms with Crippen molar-refractivity contribution in [3.8, 4) is 6.07 Å². The Balaban J connectivity index is 2.10. The molecule has 0 bridgehead atoms. The van der Waals surface area contributed by atoms with Gasteiger partial charge in [0, 0.05) is 16.2 Å². The Hall–Kier alpha value is -1.01. The number of rotatable bonds is 2. The van der Waals surface area contributed by atoms with E-state index in [4.69, 9.17) is 5.26 Å². The minimum atomic E-state index is 0.446. The average molecular weight is 293 g/mol. The van der Waals surface area contributed by atoms with Crippen molar-refractivity contribution in [2.24, 2.45) is 5.41 Å². The second-order valence-electron chi connectivity index (χ2n) is 5.59. The second-order valence-corrected chi connectivity index (χ2v) is 6.50. The molecule has 1 aliphatic carbocycles. The summed E-state index contributed by atoms with van der Waals surface area (Å²) in [5.41, 5.74) is 2.18. The van der Waals surface area contributed by atoms with Gasteiger partial charge in [-0.25, -0.2) is 0 Å². The number of anilines is 1. The van der Waals surface area contributed by atoms with E-state index in [0.717, 1.165) is 10.2 Å². The first kappa shape index (κ1) is 12.4. The molecule has 17 heavy (non-hydrogen) atoms. The molecule has 1 aliphatic rings. The monoisotopic (exact) mass is 292 g/mol. The van der Waals surface area contributed by atoms with Crippen LogP contribution in [0.15, 0.2) is 22.7 Å². The lowest BCUT2D eigenvalue weighted by Gasteiger charge is -2.18. The molecule has 1 aromatic rings. The molecule has 1 fully saturated rings. The molecule has 1 N–H and O–H groups in total. The molecule has 2 nitrogen and oxygen atoms in total. The fourth-order valence-corrected chi connectivity index (χ4v) is 3.03. The Morgan fingerprint density at radius 1 is 1.41 bits per heavy atom. The van der Waals surface area contributed by atoms with Crippen molar-refractivity contribution in [3.63, 3.8) is 0 Å². The van der Waals surface area contributed by atoms with Gasteiger partial charge >= 0.3 is 0 Å². The van der Waals surface area contributed by atoms with Gasteiger partial charge in [0.25, 0.3) is 0 Å². The van der Waals surface area contributed by atoms with Gasteiger partial charge in [-0.15, -0.1) is 0 Å². The van der Waals surface area contributed by atoms with Gasteiger partial charge in [-0.3, -0.25) is 0 Å². The summed E-state index contributed by atoms with van der Waals surface area (Å²) in [4.78, 5) is 0. The third-order valence-corrected chi connectivity index (χ3v) is 3.82. The van der Waals surface area contributed by atoms with E-state index in [9.17, 15) is 0 Å². The maximum atomic E-state index is 8.93. The van der Waals surface area contributed by atoms with Crippen LogP contribution in [-0.4, -0.2) is 6.04 Å². The van der Waals surface area contributed by atoms with Crippen molar-refractivity contribution in [1.29, 1.82) is 5.26 Å². The number of halogens is 1. The van der Waals surface area contributed by atoms with Crippen LogP contribution >= 0.6 is 15.9 Å². The summed E-state index contributed by atoms with van der Waals surface area (Å²) >= 11 is 3.43. The highest BCUT2D eigenvalue weighted by atomic mass is 79.9. The van der Waals surface area contributed by atoms with Crippen LogP contribution in [0.2, 0.25) is 0 Å². The van der Waals surface area contributed by atoms with Crippen LogP contribution in [0.1, 0.15) is 38.7 Å². The summed E-state index contributed by atoms with van der Waals surface area (Å²) in [5, 5.41) is 12.5. The molecule has 2 rings (SSSR count). The van der Waals surface area contributed by atoms with Gasteiger partial charge in [0.05, 0.1) is 11.6 Å². The van der Waals surface area contributed by atoms with Crippen LogP contribution in [0.5, 0.6) is 0 Å². The summed E-state index contributed by atoms with van der Waals surface area (Å²) in [6.07, 6.45) is 3.67. The van der Waals surface area contributed by atoms with Crippen LogP contribution in [0.25, 0.3) is 0 Å². The molecule has 0 aromatic heterocycles. The molecule has 0 radical (unpaired) electrons. The molecule has 0 heterocycles. The van der Waals surface area contributed by atoms with Crippen LogP contribution in [0.3, 0.4) is 0 Å². The molecule has 1 saturated carbocycles. The van der Waals surface area contributed by atoms with E-state index in [1.54, 1.807) is 0 Å². The van der Waals surface area contributed by atoms with E-state index in [0.29, 0.717) is 17.0 Å². The number of nitriles is 1. The standard InChI is InChI=1S/C14H17BrN2/c1-14(2)4-3-12(8-14)17-13-6-10(9-16)5-11(15)7-13/h5-7,12,17H,3-4,8H2,1-2H3. The normalized spacial score (nSPS) is 22.1. The third kappa shape index (κ3) is 3.23. The fourth-order valence-electron chi connectivity index (χ4n) is 2.53. The first-order chi connectivity index (χ1) is 7.98. The van der Waals surface area contributed by atoms with Crippen molar-refractivity contribution in [2.75, 3.05) is 5.32 Å². The molecular weight excluding hydrogens is 276 g/mol. The molecule has 0 saturated heterocycles. The summed E-state index contributed by atoms with van der Waals surface area (Å²) in [7, 11) is 0. The fraction of sp³-hybridized carbons (Fsp3) is 0.500. The van der Waals surface area contributed by atoms with Crippen LogP contribution in [0.4, 0.5) is 5.69 Å². The Kier molecular flexibility index (Phi) is 3.44. The second kappa shape index (κ2) is 4.70. The minimum absolute atomic E-state index is 0.446. The van der Waals surface area contributed by atoms with Gasteiger partial charge in [-0.1, -0.05) is 29.8 Å². The maximum Gasteiger partial charge on any atom is 0.0992 e. The minimum Gasteiger partial charge on any atom is -0.382 e. The lowest BCUT2D eigenvalue weighted by Crippen LogP contribution is -2.17. The molecule has 0 aliphatic heterocycles. The third-order valence-electron chi connectivity index (χ3n) is 3.37. The summed E-state index contributed by atoms with van der Waals surface area (Å²) < 4.78 is 0.955. The van der Waals surface area contributed by atoms with Crippen LogP contribution < -0.4 is 5.32 Å². The van der Waals surface area contributed by atoms with E-state index < -0.39 is 0 Å². The van der Waals surface area contributed by atoms with Crippen molar-refractivity contribution in [1.82, 2.24) is 0 Å². The first-order valence-corrected chi connectivity index (χ1v) is 6.75. The van der Waals surface area contributed by atoms with Gasteiger partial charge < -0.3 is 5.32 Å². The Morgan fingerprint density at radius 2 is 2.18 bits per heavy atom. The highest BCUT2D eigenvalue weighted by molar-refractivity contribution is 9.10. The predicted molar refractivity (Wildman–Crippen MR) is 73.9 cm³/mol. The van der Waals surface area contributed by atoms with E-state index in [1.165, 1.54) is 19.3 Å². The number of nitrogens with one attached hydrogen (secondary N) is 1. The zero-order valence-electron chi connectivity index (χ0n) is 10.3. The summed E-state index contributed by atoms with van der Waals surface area (Å²) in [6, 6.07) is 8.50. The number of hydrogen-bond donors (Lipinski definition) is 1. The number of hydrogen-bond acceptors (Lipinski definition) is 2. The first-order valence-electron chi connectivity index (χ1n) is 5.96. The molecule has 1 atom stereocenters. The highest BCUT2D eigenvalue weighted by Crippen LogP contribution is 2.38. The van der Waals surface area contributed by atoms with E-state index in [1.807, 2.05) is 18.2 Å². The molecule has 3 heteroatoms. The average Bonchev–Trinajstić information content (AvgIpc) is 2.57. The lowest BCUT2D eigenvalue weighted by atomic mass is 9.92. The molecular formula is C14H17BrN2. The Labute approximate surface area is 111 Å². The molecule has 0 amide bonds. The van der Waals surface area contributed by atoms with Gasteiger partial charge in [0.15, 0.2) is 0 Å². The van der Waals surface area contributed by atoms with Crippen molar-refractivity contribution in [2.45, 2.75) is 39.2 Å². The highest BCUT2D eigenvalue weighted by Gasteiger charge is 2.30. The summed E-state index contributed by atoms with van der Waals surface area (Å²) in [5.74, 6) is 0. The van der Waals surface area contributed by atoms with E-state index >= 15 is 0 Å². The molecule has 1 aromatic carbocycles. The predicted octanol–water partition coefficient (Wildman–Crippen LogP) is 4.31. The zero-order chi connectivity index (χ0) is 12.5. The quantitative estimate of drug-likeness (QED) is 0.882. The van der Waals surface area contributed by atoms with Crippen molar-refractivity contribution < 1.29 is 0 Å². The SMILES string of the molecule is CC1(C)CCC(Nc2cc(Br)cc(C#N)c2)C1. The van der Waals surface area contributed by atoms with Gasteiger partial charge in [0.1, 0.15) is 0 Å². The van der Waals surface area contributed by atoms with Gasteiger partial charge in [0.2, 0.25) is 0 Å². The molecule has 1 unspecified atom stereocenters. The van der Waals surface area contributed by atoms with Crippen LogP contribution in [0, 0.1) is 16.7 Å². The van der Waals surface area contributed by atoms with E-state index in [-0.39, 0.29) is 0 Å².